The highest BCUT2D eigenvalue weighted by atomic mass is 35.5. The minimum atomic E-state index is -3.46. The fourth-order valence-corrected chi connectivity index (χ4v) is 4.82. The Labute approximate surface area is 167 Å². The van der Waals surface area contributed by atoms with Crippen molar-refractivity contribution in [1.29, 1.82) is 0 Å². The Balaban J connectivity index is 1.97. The second-order valence-corrected chi connectivity index (χ2v) is 9.93. The highest BCUT2D eigenvalue weighted by Gasteiger charge is 2.38. The number of rotatable bonds is 4. The standard InChI is InChI=1S/C18H20ClFN4O3S/c1-10-17(21)23-18(2,5-6-28(10,26)27)12-7-11(3-4-14(12)20)8-15(25)16-13(19)9-22-24-16/h3-4,7,9-10H,5-6,8H2,1-2H3,(H2,21,23)(H,22,24)/t10?,18-/m0/s1. The second kappa shape index (κ2) is 7.29. The zero-order valence-electron chi connectivity index (χ0n) is 15.4. The van der Waals surface area contributed by atoms with Crippen LogP contribution in [-0.2, 0) is 21.8 Å². The molecule has 1 aromatic heterocycles. The molecule has 7 nitrogen and oxygen atoms in total. The topological polar surface area (TPSA) is 118 Å². The lowest BCUT2D eigenvalue weighted by Crippen LogP contribution is -2.33. The van der Waals surface area contributed by atoms with Crippen molar-refractivity contribution < 1.29 is 17.6 Å². The van der Waals surface area contributed by atoms with Gasteiger partial charge in [0.05, 0.1) is 22.5 Å². The van der Waals surface area contributed by atoms with Gasteiger partial charge in [-0.2, -0.15) is 5.10 Å². The summed E-state index contributed by atoms with van der Waals surface area (Å²) in [5.74, 6) is -1.06. The van der Waals surface area contributed by atoms with Crippen LogP contribution < -0.4 is 5.73 Å². The average Bonchev–Trinajstić information content (AvgIpc) is 3.04. The van der Waals surface area contributed by atoms with Gasteiger partial charge in [-0.3, -0.25) is 14.9 Å². The molecule has 3 rings (SSSR count). The van der Waals surface area contributed by atoms with E-state index in [1.165, 1.54) is 31.3 Å². The molecule has 150 valence electrons. The Bertz CT molecular complexity index is 1070. The van der Waals surface area contributed by atoms with Gasteiger partial charge in [-0.15, -0.1) is 0 Å². The SMILES string of the molecule is CC1C(N)=N[C@](C)(c2cc(CC(=O)c3[nH]ncc3Cl)ccc2F)CCS1(=O)=O. The summed E-state index contributed by atoms with van der Waals surface area (Å²) >= 11 is 5.91. The molecule has 1 aliphatic rings. The van der Waals surface area contributed by atoms with E-state index in [1.54, 1.807) is 6.92 Å². The molecular formula is C18H20ClFN4O3S. The number of H-pyrrole nitrogens is 1. The molecule has 10 heteroatoms. The predicted molar refractivity (Wildman–Crippen MR) is 105 cm³/mol. The number of hydrogen-bond donors (Lipinski definition) is 2. The summed E-state index contributed by atoms with van der Waals surface area (Å²) < 4.78 is 39.2. The van der Waals surface area contributed by atoms with Gasteiger partial charge in [0.25, 0.3) is 0 Å². The maximum Gasteiger partial charge on any atom is 0.186 e. The quantitative estimate of drug-likeness (QED) is 0.727. The van der Waals surface area contributed by atoms with E-state index in [0.717, 1.165) is 0 Å². The summed E-state index contributed by atoms with van der Waals surface area (Å²) in [5.41, 5.74) is 5.64. The monoisotopic (exact) mass is 426 g/mol. The largest absolute Gasteiger partial charge is 0.386 e. The van der Waals surface area contributed by atoms with Gasteiger partial charge in [-0.1, -0.05) is 17.7 Å². The highest BCUT2D eigenvalue weighted by Crippen LogP contribution is 2.35. The van der Waals surface area contributed by atoms with E-state index in [4.69, 9.17) is 17.3 Å². The molecule has 3 N–H and O–H groups in total. The fraction of sp³-hybridized carbons (Fsp3) is 0.389. The van der Waals surface area contributed by atoms with Crippen molar-refractivity contribution in [3.05, 3.63) is 52.1 Å². The number of carbonyl (C=O) groups excluding carboxylic acids is 1. The lowest BCUT2D eigenvalue weighted by Gasteiger charge is -2.25. The van der Waals surface area contributed by atoms with Crippen molar-refractivity contribution in [2.45, 2.75) is 37.5 Å². The molecule has 0 radical (unpaired) electrons. The zero-order valence-corrected chi connectivity index (χ0v) is 16.9. The number of benzene rings is 1. The number of carbonyl (C=O) groups is 1. The number of Topliss-reactive ketones (excluding diaryl/α,β-unsaturated/α-hetero) is 1. The molecule has 1 aromatic carbocycles. The van der Waals surface area contributed by atoms with Crippen LogP contribution in [0.2, 0.25) is 5.02 Å². The van der Waals surface area contributed by atoms with Crippen molar-refractivity contribution in [1.82, 2.24) is 10.2 Å². The van der Waals surface area contributed by atoms with E-state index in [1.807, 2.05) is 0 Å². The smallest absolute Gasteiger partial charge is 0.186 e. The first-order valence-corrected chi connectivity index (χ1v) is 10.7. The number of ketones is 1. The number of aromatic nitrogens is 2. The van der Waals surface area contributed by atoms with E-state index in [2.05, 4.69) is 15.2 Å². The lowest BCUT2D eigenvalue weighted by atomic mass is 9.87. The van der Waals surface area contributed by atoms with Gasteiger partial charge in [0.2, 0.25) is 0 Å². The highest BCUT2D eigenvalue weighted by molar-refractivity contribution is 7.92. The first kappa shape index (κ1) is 20.5. The molecule has 2 aromatic rings. The van der Waals surface area contributed by atoms with E-state index >= 15 is 0 Å². The minimum Gasteiger partial charge on any atom is -0.386 e. The number of hydrogen-bond acceptors (Lipinski definition) is 6. The first-order chi connectivity index (χ1) is 13.0. The number of halogens is 2. The van der Waals surface area contributed by atoms with Gasteiger partial charge in [0.1, 0.15) is 22.6 Å². The van der Waals surface area contributed by atoms with Crippen molar-refractivity contribution in [3.8, 4) is 0 Å². The van der Waals surface area contributed by atoms with E-state index in [0.29, 0.717) is 5.56 Å². The van der Waals surface area contributed by atoms with Gasteiger partial charge >= 0.3 is 0 Å². The number of nitrogens with zero attached hydrogens (tertiary/aromatic N) is 2. The van der Waals surface area contributed by atoms with Crippen molar-refractivity contribution in [2.24, 2.45) is 10.7 Å². The van der Waals surface area contributed by atoms with Crippen molar-refractivity contribution in [3.63, 3.8) is 0 Å². The second-order valence-electron chi connectivity index (χ2n) is 7.08. The van der Waals surface area contributed by atoms with E-state index in [-0.39, 0.29) is 46.5 Å². The lowest BCUT2D eigenvalue weighted by molar-refractivity contribution is 0.0988. The van der Waals surface area contributed by atoms with Crippen LogP contribution in [0, 0.1) is 5.82 Å². The van der Waals surface area contributed by atoms with Gasteiger partial charge in [0.15, 0.2) is 15.6 Å². The molecule has 2 atom stereocenters. The molecule has 0 saturated heterocycles. The number of sulfone groups is 1. The first-order valence-electron chi connectivity index (χ1n) is 8.61. The number of aliphatic imine (C=N–C) groups is 1. The van der Waals surface area contributed by atoms with Crippen molar-refractivity contribution >= 4 is 33.1 Å². The van der Waals surface area contributed by atoms with E-state index < -0.39 is 26.4 Å². The molecule has 0 fully saturated rings. The third-order valence-electron chi connectivity index (χ3n) is 5.05. The Morgan fingerprint density at radius 1 is 1.46 bits per heavy atom. The molecule has 0 bridgehead atoms. The number of nitrogens with two attached hydrogens (primary N) is 1. The van der Waals surface area contributed by atoms with Gasteiger partial charge < -0.3 is 5.73 Å². The van der Waals surface area contributed by atoms with E-state index in [9.17, 15) is 17.6 Å². The van der Waals surface area contributed by atoms with Crippen LogP contribution in [0.15, 0.2) is 29.4 Å². The molecule has 0 spiro atoms. The molecule has 1 unspecified atom stereocenters. The summed E-state index contributed by atoms with van der Waals surface area (Å²) in [6, 6.07) is 4.26. The van der Waals surface area contributed by atoms with Crippen LogP contribution in [0.5, 0.6) is 0 Å². The summed E-state index contributed by atoms with van der Waals surface area (Å²) in [4.78, 5) is 16.8. The van der Waals surface area contributed by atoms with Crippen LogP contribution in [0.25, 0.3) is 0 Å². The Hall–Kier alpha value is -2.26. The predicted octanol–water partition coefficient (Wildman–Crippen LogP) is 2.41. The van der Waals surface area contributed by atoms with Crippen molar-refractivity contribution in [2.75, 3.05) is 5.75 Å². The zero-order chi connectivity index (χ0) is 20.7. The third kappa shape index (κ3) is 3.81. The molecule has 0 saturated carbocycles. The average molecular weight is 427 g/mol. The Morgan fingerprint density at radius 3 is 2.82 bits per heavy atom. The third-order valence-corrected chi connectivity index (χ3v) is 7.43. The molecule has 2 heterocycles. The van der Waals surface area contributed by atoms with Crippen LogP contribution in [-0.4, -0.2) is 41.2 Å². The number of nitrogens with one attached hydrogen (secondary N) is 1. The molecule has 28 heavy (non-hydrogen) atoms. The summed E-state index contributed by atoms with van der Waals surface area (Å²) in [6.45, 7) is 3.11. The van der Waals surface area contributed by atoms with Crippen LogP contribution in [0.4, 0.5) is 4.39 Å². The maximum atomic E-state index is 14.6. The molecule has 0 amide bonds. The summed E-state index contributed by atoms with van der Waals surface area (Å²) in [7, 11) is -3.46. The van der Waals surface area contributed by atoms with Crippen LogP contribution in [0.1, 0.15) is 41.9 Å². The normalized spacial score (nSPS) is 24.4. The van der Waals surface area contributed by atoms with Gasteiger partial charge in [-0.25, -0.2) is 12.8 Å². The summed E-state index contributed by atoms with van der Waals surface area (Å²) in [6.07, 6.45) is 1.39. The van der Waals surface area contributed by atoms with Gasteiger partial charge in [0, 0.05) is 12.0 Å². The fourth-order valence-electron chi connectivity index (χ4n) is 3.16. The maximum absolute atomic E-state index is 14.6. The van der Waals surface area contributed by atoms with Crippen LogP contribution in [0.3, 0.4) is 0 Å². The summed E-state index contributed by atoms with van der Waals surface area (Å²) in [5, 5.41) is 5.53. The number of aromatic amines is 1. The molecular weight excluding hydrogens is 407 g/mol. The van der Waals surface area contributed by atoms with Crippen LogP contribution >= 0.6 is 11.6 Å². The molecule has 1 aliphatic heterocycles. The Morgan fingerprint density at radius 2 is 2.18 bits per heavy atom. The number of amidine groups is 1. The van der Waals surface area contributed by atoms with Gasteiger partial charge in [-0.05, 0) is 38.0 Å². The Kier molecular flexibility index (Phi) is 5.33. The molecule has 0 aliphatic carbocycles. The minimum absolute atomic E-state index is 0.0286.